The molecule has 0 aliphatic heterocycles. The summed E-state index contributed by atoms with van der Waals surface area (Å²) in [6.45, 7) is 0.429. The molecule has 0 fully saturated rings. The fourth-order valence-corrected chi connectivity index (χ4v) is 1.88. The maximum absolute atomic E-state index is 11.9. The summed E-state index contributed by atoms with van der Waals surface area (Å²) in [4.78, 5) is 11.9. The summed E-state index contributed by atoms with van der Waals surface area (Å²) in [6.07, 6.45) is 0.559. The van der Waals surface area contributed by atoms with Crippen LogP contribution >= 0.6 is 0 Å². The summed E-state index contributed by atoms with van der Waals surface area (Å²) in [5.41, 5.74) is 6.36. The molecular weight excluding hydrogens is 232 g/mol. The topological polar surface area (TPSA) is 73.6 Å². The van der Waals surface area contributed by atoms with Crippen molar-refractivity contribution in [2.24, 2.45) is 5.73 Å². The largest absolute Gasteiger partial charge is 0.497 e. The molecule has 5 nitrogen and oxygen atoms in total. The maximum Gasteiger partial charge on any atom is 0.227 e. The van der Waals surface area contributed by atoms with E-state index in [1.807, 2.05) is 6.07 Å². The quantitative estimate of drug-likeness (QED) is 0.788. The molecule has 0 saturated carbocycles. The zero-order chi connectivity index (χ0) is 13.5. The van der Waals surface area contributed by atoms with Gasteiger partial charge in [-0.25, -0.2) is 0 Å². The molecule has 5 heteroatoms. The third-order valence-corrected chi connectivity index (χ3v) is 2.83. The molecule has 0 spiro atoms. The molecule has 1 atom stereocenters. The van der Waals surface area contributed by atoms with E-state index in [0.717, 1.165) is 5.56 Å². The number of amides is 1. The van der Waals surface area contributed by atoms with Crippen LogP contribution in [0.4, 0.5) is 0 Å². The molecule has 0 bridgehead atoms. The van der Waals surface area contributed by atoms with Crippen molar-refractivity contribution >= 4 is 5.91 Å². The highest BCUT2D eigenvalue weighted by molar-refractivity contribution is 5.84. The number of ether oxygens (including phenoxy) is 2. The van der Waals surface area contributed by atoms with Gasteiger partial charge in [0.2, 0.25) is 5.91 Å². The zero-order valence-corrected chi connectivity index (χ0v) is 11.0. The van der Waals surface area contributed by atoms with Crippen LogP contribution in [-0.2, 0) is 4.79 Å². The Bertz CT molecular complexity index is 407. The zero-order valence-electron chi connectivity index (χ0n) is 11.0. The third-order valence-electron chi connectivity index (χ3n) is 2.83. The molecule has 0 aliphatic carbocycles. The van der Waals surface area contributed by atoms with Crippen LogP contribution in [0.2, 0.25) is 0 Å². The Hall–Kier alpha value is -1.75. The number of hydrogen-bond donors (Lipinski definition) is 2. The van der Waals surface area contributed by atoms with E-state index in [2.05, 4.69) is 5.32 Å². The minimum Gasteiger partial charge on any atom is -0.497 e. The normalized spacial score (nSPS) is 11.8. The first-order valence-corrected chi connectivity index (χ1v) is 5.81. The number of nitrogens with one attached hydrogen (secondary N) is 1. The van der Waals surface area contributed by atoms with Crippen LogP contribution in [0.15, 0.2) is 18.2 Å². The number of nitrogens with two attached hydrogens (primary N) is 1. The van der Waals surface area contributed by atoms with Gasteiger partial charge in [0.05, 0.1) is 20.1 Å². The number of likely N-dealkylation sites (N-methyl/N-ethyl adjacent to an activating group) is 1. The number of benzene rings is 1. The Labute approximate surface area is 107 Å². The molecule has 18 heavy (non-hydrogen) atoms. The average molecular weight is 252 g/mol. The van der Waals surface area contributed by atoms with Crippen LogP contribution in [0.1, 0.15) is 17.9 Å². The molecule has 0 saturated heterocycles. The number of rotatable bonds is 6. The van der Waals surface area contributed by atoms with E-state index in [0.29, 0.717) is 24.5 Å². The van der Waals surface area contributed by atoms with Gasteiger partial charge >= 0.3 is 0 Å². The number of carbonyl (C=O) groups is 1. The van der Waals surface area contributed by atoms with E-state index in [4.69, 9.17) is 15.2 Å². The monoisotopic (exact) mass is 252 g/mol. The highest BCUT2D eigenvalue weighted by Gasteiger charge is 2.22. The van der Waals surface area contributed by atoms with Crippen molar-refractivity contribution < 1.29 is 14.3 Å². The summed E-state index contributed by atoms with van der Waals surface area (Å²) >= 11 is 0. The predicted molar refractivity (Wildman–Crippen MR) is 70.0 cm³/mol. The predicted octanol–water partition coefficient (Wildman–Crippen LogP) is 0.882. The Morgan fingerprint density at radius 1 is 1.39 bits per heavy atom. The third kappa shape index (κ3) is 3.13. The summed E-state index contributed by atoms with van der Waals surface area (Å²) in [5.74, 6) is 0.951. The SMILES string of the molecule is CNC(=O)C(CCN)c1cc(OC)ccc1OC. The van der Waals surface area contributed by atoms with Crippen molar-refractivity contribution in [3.8, 4) is 11.5 Å². The summed E-state index contributed by atoms with van der Waals surface area (Å²) in [6, 6.07) is 5.40. The molecule has 100 valence electrons. The molecular formula is C13H20N2O3. The second kappa shape index (κ2) is 6.86. The summed E-state index contributed by atoms with van der Waals surface area (Å²) in [7, 11) is 4.77. The van der Waals surface area contributed by atoms with Gasteiger partial charge in [-0.2, -0.15) is 0 Å². The Balaban J connectivity index is 3.19. The van der Waals surface area contributed by atoms with E-state index < -0.39 is 0 Å². The first kappa shape index (κ1) is 14.3. The van der Waals surface area contributed by atoms with Crippen molar-refractivity contribution in [1.29, 1.82) is 0 Å². The minimum atomic E-state index is -0.329. The summed E-state index contributed by atoms with van der Waals surface area (Å²) < 4.78 is 10.5. The van der Waals surface area contributed by atoms with Gasteiger partial charge < -0.3 is 20.5 Å². The number of hydrogen-bond acceptors (Lipinski definition) is 4. The van der Waals surface area contributed by atoms with E-state index in [1.165, 1.54) is 0 Å². The molecule has 1 unspecified atom stereocenters. The van der Waals surface area contributed by atoms with Crippen LogP contribution in [0.3, 0.4) is 0 Å². The van der Waals surface area contributed by atoms with Crippen LogP contribution < -0.4 is 20.5 Å². The lowest BCUT2D eigenvalue weighted by molar-refractivity contribution is -0.122. The van der Waals surface area contributed by atoms with Crippen molar-refractivity contribution in [3.63, 3.8) is 0 Å². The molecule has 0 aliphatic rings. The van der Waals surface area contributed by atoms with E-state index in [9.17, 15) is 4.79 Å². The van der Waals surface area contributed by atoms with Crippen LogP contribution in [-0.4, -0.2) is 33.7 Å². The fraction of sp³-hybridized carbons (Fsp3) is 0.462. The molecule has 1 aromatic rings. The van der Waals surface area contributed by atoms with Crippen molar-refractivity contribution in [2.45, 2.75) is 12.3 Å². The van der Waals surface area contributed by atoms with E-state index >= 15 is 0 Å². The molecule has 3 N–H and O–H groups in total. The lowest BCUT2D eigenvalue weighted by Crippen LogP contribution is -2.27. The minimum absolute atomic E-state index is 0.0768. The highest BCUT2D eigenvalue weighted by atomic mass is 16.5. The van der Waals surface area contributed by atoms with Gasteiger partial charge in [-0.1, -0.05) is 0 Å². The number of methoxy groups -OCH3 is 2. The van der Waals surface area contributed by atoms with Crippen LogP contribution in [0.5, 0.6) is 11.5 Å². The Morgan fingerprint density at radius 3 is 2.61 bits per heavy atom. The second-order valence-corrected chi connectivity index (χ2v) is 3.85. The van der Waals surface area contributed by atoms with Crippen molar-refractivity contribution in [3.05, 3.63) is 23.8 Å². The first-order valence-electron chi connectivity index (χ1n) is 5.81. The smallest absolute Gasteiger partial charge is 0.227 e. The molecule has 1 aromatic carbocycles. The van der Waals surface area contributed by atoms with E-state index in [-0.39, 0.29) is 11.8 Å². The summed E-state index contributed by atoms with van der Waals surface area (Å²) in [5, 5.41) is 2.65. The first-order chi connectivity index (χ1) is 8.67. The standard InChI is InChI=1S/C13H20N2O3/c1-15-13(16)10(6-7-14)11-8-9(17-2)4-5-12(11)18-3/h4-5,8,10H,6-7,14H2,1-3H3,(H,15,16). The van der Waals surface area contributed by atoms with Gasteiger partial charge in [0.25, 0.3) is 0 Å². The Morgan fingerprint density at radius 2 is 2.11 bits per heavy atom. The lowest BCUT2D eigenvalue weighted by Gasteiger charge is -2.18. The van der Waals surface area contributed by atoms with Crippen LogP contribution in [0, 0.1) is 0 Å². The molecule has 0 heterocycles. The van der Waals surface area contributed by atoms with Crippen molar-refractivity contribution in [1.82, 2.24) is 5.32 Å². The highest BCUT2D eigenvalue weighted by Crippen LogP contribution is 2.32. The van der Waals surface area contributed by atoms with Crippen molar-refractivity contribution in [2.75, 3.05) is 27.8 Å². The number of carbonyl (C=O) groups excluding carboxylic acids is 1. The van der Waals surface area contributed by atoms with Gasteiger partial charge in [-0.05, 0) is 31.2 Å². The molecule has 1 amide bonds. The second-order valence-electron chi connectivity index (χ2n) is 3.85. The van der Waals surface area contributed by atoms with Gasteiger partial charge in [0.15, 0.2) is 0 Å². The van der Waals surface area contributed by atoms with Crippen LogP contribution in [0.25, 0.3) is 0 Å². The van der Waals surface area contributed by atoms with E-state index in [1.54, 1.807) is 33.4 Å². The van der Waals surface area contributed by atoms with Gasteiger partial charge in [0.1, 0.15) is 11.5 Å². The lowest BCUT2D eigenvalue weighted by atomic mass is 9.93. The molecule has 0 aromatic heterocycles. The molecule has 1 rings (SSSR count). The maximum atomic E-state index is 11.9. The molecule has 0 radical (unpaired) electrons. The Kier molecular flexibility index (Phi) is 5.45. The van der Waals surface area contributed by atoms with Gasteiger partial charge in [-0.15, -0.1) is 0 Å². The van der Waals surface area contributed by atoms with Gasteiger partial charge in [-0.3, -0.25) is 4.79 Å². The van der Waals surface area contributed by atoms with Gasteiger partial charge in [0, 0.05) is 12.6 Å². The fourth-order valence-electron chi connectivity index (χ4n) is 1.88. The average Bonchev–Trinajstić information content (AvgIpc) is 2.43.